The van der Waals surface area contributed by atoms with Gasteiger partial charge in [-0.3, -0.25) is 4.79 Å². The molecule has 0 saturated heterocycles. The topological polar surface area (TPSA) is 68.0 Å². The Morgan fingerprint density at radius 3 is 2.53 bits per heavy atom. The maximum atomic E-state index is 12.8. The quantitative estimate of drug-likeness (QED) is 0.868. The smallest absolute Gasteiger partial charge is 0.277 e. The van der Waals surface area contributed by atoms with E-state index in [4.69, 9.17) is 5.73 Å². The van der Waals surface area contributed by atoms with E-state index in [-0.39, 0.29) is 36.4 Å². The number of rotatable bonds is 5. The average molecular weight is 336 g/mol. The second-order valence-corrected chi connectivity index (χ2v) is 4.86. The van der Waals surface area contributed by atoms with Crippen LogP contribution in [0.15, 0.2) is 5.38 Å². The fourth-order valence-electron chi connectivity index (χ4n) is 1.03. The van der Waals surface area contributed by atoms with E-state index in [2.05, 4.69) is 10.3 Å². The van der Waals surface area contributed by atoms with Gasteiger partial charge in [-0.15, -0.1) is 36.2 Å². The lowest BCUT2D eigenvalue weighted by molar-refractivity contribution is 0.0118. The molecule has 0 unspecified atom stereocenters. The zero-order valence-corrected chi connectivity index (χ0v) is 12.9. The lowest BCUT2D eigenvalue weighted by Gasteiger charge is -2.13. The molecule has 19 heavy (non-hydrogen) atoms. The second kappa shape index (κ2) is 8.63. The summed E-state index contributed by atoms with van der Waals surface area (Å²) >= 11 is 1.34. The van der Waals surface area contributed by atoms with Crippen molar-refractivity contribution in [3.05, 3.63) is 16.1 Å². The molecule has 112 valence electrons. The summed E-state index contributed by atoms with van der Waals surface area (Å²) in [7, 11) is 0. The minimum Gasteiger partial charge on any atom is -0.345 e. The Morgan fingerprint density at radius 2 is 2.11 bits per heavy atom. The van der Waals surface area contributed by atoms with Crippen LogP contribution in [0.5, 0.6) is 0 Å². The number of nitrogens with zero attached hydrogens (tertiary/aromatic N) is 1. The van der Waals surface area contributed by atoms with Crippen molar-refractivity contribution < 1.29 is 13.6 Å². The van der Waals surface area contributed by atoms with Crippen LogP contribution in [-0.2, 0) is 0 Å². The third kappa shape index (κ3) is 6.47. The number of carbonyl (C=O) groups is 1. The SMILES string of the molecule is CC(C)c1nc(C(=O)NCC(F)(F)CN)cs1.Cl.Cl. The summed E-state index contributed by atoms with van der Waals surface area (Å²) in [6, 6.07) is 0. The number of nitrogens with one attached hydrogen (secondary N) is 1. The van der Waals surface area contributed by atoms with E-state index in [0.29, 0.717) is 0 Å². The van der Waals surface area contributed by atoms with Crippen molar-refractivity contribution in [2.45, 2.75) is 25.7 Å². The van der Waals surface area contributed by atoms with E-state index in [1.54, 1.807) is 5.38 Å². The molecule has 3 N–H and O–H groups in total. The van der Waals surface area contributed by atoms with Crippen LogP contribution < -0.4 is 11.1 Å². The zero-order chi connectivity index (χ0) is 13.1. The Kier molecular flexibility index (Phi) is 9.45. The highest BCUT2D eigenvalue weighted by Gasteiger charge is 2.27. The summed E-state index contributed by atoms with van der Waals surface area (Å²) in [5.41, 5.74) is 5.03. The molecular formula is C10H17Cl2F2N3OS. The first kappa shape index (κ1) is 20.8. The summed E-state index contributed by atoms with van der Waals surface area (Å²) in [5, 5.41) is 4.48. The minimum absolute atomic E-state index is 0. The summed E-state index contributed by atoms with van der Waals surface area (Å²) in [6.45, 7) is 2.34. The molecule has 0 bridgehead atoms. The lowest BCUT2D eigenvalue weighted by atomic mass is 10.2. The molecule has 1 amide bonds. The molecule has 0 aliphatic heterocycles. The molecule has 0 fully saturated rings. The molecule has 1 heterocycles. The normalized spacial score (nSPS) is 10.6. The van der Waals surface area contributed by atoms with E-state index in [1.807, 2.05) is 13.8 Å². The number of hydrogen-bond donors (Lipinski definition) is 2. The van der Waals surface area contributed by atoms with Gasteiger partial charge in [-0.2, -0.15) is 0 Å². The maximum Gasteiger partial charge on any atom is 0.277 e. The largest absolute Gasteiger partial charge is 0.345 e. The number of hydrogen-bond acceptors (Lipinski definition) is 4. The first-order valence-electron chi connectivity index (χ1n) is 5.17. The third-order valence-corrected chi connectivity index (χ3v) is 3.20. The number of amides is 1. The molecule has 4 nitrogen and oxygen atoms in total. The molecular weight excluding hydrogens is 319 g/mol. The number of halogens is 4. The van der Waals surface area contributed by atoms with Gasteiger partial charge >= 0.3 is 0 Å². The highest BCUT2D eigenvalue weighted by atomic mass is 35.5. The Balaban J connectivity index is 0. The second-order valence-electron chi connectivity index (χ2n) is 3.97. The van der Waals surface area contributed by atoms with Crippen LogP contribution in [0.25, 0.3) is 0 Å². The fourth-order valence-corrected chi connectivity index (χ4v) is 1.84. The molecule has 0 aliphatic rings. The van der Waals surface area contributed by atoms with Crippen molar-refractivity contribution in [2.24, 2.45) is 5.73 Å². The first-order chi connectivity index (χ1) is 7.85. The van der Waals surface area contributed by atoms with E-state index < -0.39 is 24.9 Å². The van der Waals surface area contributed by atoms with Gasteiger partial charge in [-0.1, -0.05) is 13.8 Å². The summed E-state index contributed by atoms with van der Waals surface area (Å²) in [5.74, 6) is -3.46. The number of carbonyl (C=O) groups excluding carboxylic acids is 1. The van der Waals surface area contributed by atoms with Crippen molar-refractivity contribution in [3.8, 4) is 0 Å². The van der Waals surface area contributed by atoms with Gasteiger partial charge in [0, 0.05) is 11.3 Å². The van der Waals surface area contributed by atoms with Gasteiger partial charge in [0.15, 0.2) is 0 Å². The van der Waals surface area contributed by atoms with Crippen LogP contribution in [0.4, 0.5) is 8.78 Å². The highest BCUT2D eigenvalue weighted by Crippen LogP contribution is 2.19. The molecule has 0 atom stereocenters. The zero-order valence-electron chi connectivity index (χ0n) is 10.5. The monoisotopic (exact) mass is 335 g/mol. The van der Waals surface area contributed by atoms with Gasteiger partial charge in [0.25, 0.3) is 11.8 Å². The van der Waals surface area contributed by atoms with Crippen molar-refractivity contribution in [2.75, 3.05) is 13.1 Å². The summed E-state index contributed by atoms with van der Waals surface area (Å²) in [4.78, 5) is 15.6. The number of alkyl halides is 2. The maximum absolute atomic E-state index is 12.8. The van der Waals surface area contributed by atoms with Gasteiger partial charge in [0.05, 0.1) is 18.1 Å². The highest BCUT2D eigenvalue weighted by molar-refractivity contribution is 7.09. The molecule has 0 radical (unpaired) electrons. The number of nitrogens with two attached hydrogens (primary N) is 1. The molecule has 1 aromatic rings. The van der Waals surface area contributed by atoms with Crippen LogP contribution >= 0.6 is 36.2 Å². The van der Waals surface area contributed by atoms with Crippen LogP contribution in [0.1, 0.15) is 35.3 Å². The van der Waals surface area contributed by atoms with Crippen LogP contribution in [0, 0.1) is 0 Å². The Bertz CT molecular complexity index is 402. The van der Waals surface area contributed by atoms with Gasteiger partial charge in [-0.25, -0.2) is 13.8 Å². The third-order valence-electron chi connectivity index (χ3n) is 2.05. The standard InChI is InChI=1S/C10H15F2N3OS.2ClH/c1-6(2)9-15-7(3-17-9)8(16)14-5-10(11,12)4-13;;/h3,6H,4-5,13H2,1-2H3,(H,14,16);2*1H. The molecule has 0 spiro atoms. The fraction of sp³-hybridized carbons (Fsp3) is 0.600. The van der Waals surface area contributed by atoms with Crippen LogP contribution in [0.3, 0.4) is 0 Å². The van der Waals surface area contributed by atoms with Crippen LogP contribution in [0.2, 0.25) is 0 Å². The predicted octanol–water partition coefficient (Wildman–Crippen LogP) is 2.43. The number of aromatic nitrogens is 1. The van der Waals surface area contributed by atoms with Gasteiger partial charge in [0.1, 0.15) is 5.69 Å². The first-order valence-corrected chi connectivity index (χ1v) is 6.05. The Morgan fingerprint density at radius 1 is 1.53 bits per heavy atom. The van der Waals surface area contributed by atoms with Crippen molar-refractivity contribution in [1.29, 1.82) is 0 Å². The van der Waals surface area contributed by atoms with Gasteiger partial charge < -0.3 is 11.1 Å². The predicted molar refractivity (Wildman–Crippen MR) is 77.0 cm³/mol. The Hall–Kier alpha value is -0.500. The molecule has 0 aromatic carbocycles. The van der Waals surface area contributed by atoms with Crippen molar-refractivity contribution in [3.63, 3.8) is 0 Å². The van der Waals surface area contributed by atoms with Crippen molar-refractivity contribution >= 4 is 42.1 Å². The van der Waals surface area contributed by atoms with E-state index in [9.17, 15) is 13.6 Å². The Labute approximate surface area is 127 Å². The molecule has 0 saturated carbocycles. The molecule has 0 aliphatic carbocycles. The van der Waals surface area contributed by atoms with Crippen LogP contribution in [-0.4, -0.2) is 29.9 Å². The van der Waals surface area contributed by atoms with E-state index in [1.165, 1.54) is 11.3 Å². The van der Waals surface area contributed by atoms with E-state index >= 15 is 0 Å². The molecule has 9 heteroatoms. The van der Waals surface area contributed by atoms with Gasteiger partial charge in [-0.05, 0) is 0 Å². The molecule has 1 aromatic heterocycles. The number of thiazole rings is 1. The lowest BCUT2D eigenvalue weighted by Crippen LogP contribution is -2.41. The van der Waals surface area contributed by atoms with Gasteiger partial charge in [0.2, 0.25) is 0 Å². The van der Waals surface area contributed by atoms with Crippen molar-refractivity contribution in [1.82, 2.24) is 10.3 Å². The summed E-state index contributed by atoms with van der Waals surface area (Å²) in [6.07, 6.45) is 0. The molecule has 1 rings (SSSR count). The average Bonchev–Trinajstić information content (AvgIpc) is 2.75. The minimum atomic E-state index is -3.08. The summed E-state index contributed by atoms with van der Waals surface area (Å²) < 4.78 is 25.6. The van der Waals surface area contributed by atoms with E-state index in [0.717, 1.165) is 5.01 Å².